The number of carbonyl (C=O) groups excluding carboxylic acids is 1. The van der Waals surface area contributed by atoms with Crippen LogP contribution in [0.3, 0.4) is 0 Å². The van der Waals surface area contributed by atoms with Gasteiger partial charge >= 0.3 is 0 Å². The molecule has 3 aromatic heterocycles. The number of carbonyl (C=O) groups is 1. The Kier molecular flexibility index (Phi) is 5.27. The zero-order valence-electron chi connectivity index (χ0n) is 16.4. The number of para-hydroxylation sites is 1. The van der Waals surface area contributed by atoms with Crippen molar-refractivity contribution in [1.82, 2.24) is 14.6 Å². The first-order chi connectivity index (χ1) is 14.0. The number of aryl methyl sites for hydroxylation is 2. The maximum absolute atomic E-state index is 13.9. The van der Waals surface area contributed by atoms with E-state index in [-0.39, 0.29) is 11.6 Å². The molecular formula is C21H21FN4O2S. The van der Waals surface area contributed by atoms with Gasteiger partial charge in [0.15, 0.2) is 5.58 Å². The fraction of sp³-hybridized carbons (Fsp3) is 0.286. The number of hydrogen-bond donors (Lipinski definition) is 1. The summed E-state index contributed by atoms with van der Waals surface area (Å²) in [4.78, 5) is 12.8. The van der Waals surface area contributed by atoms with Crippen LogP contribution < -0.4 is 5.32 Å². The van der Waals surface area contributed by atoms with Gasteiger partial charge in [-0.15, -0.1) is 10.2 Å². The standard InChI is InChI=1S/C21H21FN4O2S/c1-4-18(20(27)23-14-9-7-6-8-13(14)22)29-21-16-11-17-15(10-12(3)28-17)26(16)19(5-2)24-25-21/h6-11,18H,4-5H2,1-3H3,(H,23,27). The van der Waals surface area contributed by atoms with Gasteiger partial charge in [0.25, 0.3) is 0 Å². The van der Waals surface area contributed by atoms with Crippen LogP contribution in [-0.4, -0.2) is 25.8 Å². The molecule has 0 fully saturated rings. The molecule has 1 aromatic carbocycles. The number of amides is 1. The highest BCUT2D eigenvalue weighted by Gasteiger charge is 2.23. The number of benzene rings is 1. The molecule has 29 heavy (non-hydrogen) atoms. The van der Waals surface area contributed by atoms with E-state index in [1.807, 2.05) is 37.3 Å². The second kappa shape index (κ2) is 7.87. The molecule has 0 radical (unpaired) electrons. The van der Waals surface area contributed by atoms with Crippen LogP contribution >= 0.6 is 11.8 Å². The van der Waals surface area contributed by atoms with Crippen molar-refractivity contribution in [2.24, 2.45) is 0 Å². The molecule has 4 rings (SSSR count). The van der Waals surface area contributed by atoms with E-state index in [1.54, 1.807) is 18.2 Å². The van der Waals surface area contributed by atoms with Crippen molar-refractivity contribution < 1.29 is 13.6 Å². The van der Waals surface area contributed by atoms with Crippen molar-refractivity contribution in [2.75, 3.05) is 5.32 Å². The topological polar surface area (TPSA) is 72.4 Å². The van der Waals surface area contributed by atoms with E-state index < -0.39 is 11.1 Å². The summed E-state index contributed by atoms with van der Waals surface area (Å²) in [5.41, 5.74) is 2.73. The Hall–Kier alpha value is -2.87. The summed E-state index contributed by atoms with van der Waals surface area (Å²) in [6.45, 7) is 5.84. The SMILES string of the molecule is CCc1nnc(SC(CC)C(=O)Nc2ccccc2F)c2cc3oc(C)cc3n12. The summed E-state index contributed by atoms with van der Waals surface area (Å²) < 4.78 is 21.7. The van der Waals surface area contributed by atoms with Crippen molar-refractivity contribution >= 4 is 40.0 Å². The molecule has 6 nitrogen and oxygen atoms in total. The number of hydrogen-bond acceptors (Lipinski definition) is 5. The summed E-state index contributed by atoms with van der Waals surface area (Å²) in [5, 5.41) is 11.6. The van der Waals surface area contributed by atoms with E-state index in [2.05, 4.69) is 15.5 Å². The van der Waals surface area contributed by atoms with Gasteiger partial charge in [0.05, 0.1) is 22.0 Å². The van der Waals surface area contributed by atoms with Crippen molar-refractivity contribution in [3.05, 3.63) is 53.8 Å². The minimum Gasteiger partial charge on any atom is -0.460 e. The molecule has 0 bridgehead atoms. The molecule has 0 aliphatic heterocycles. The van der Waals surface area contributed by atoms with Gasteiger partial charge in [0, 0.05) is 18.6 Å². The van der Waals surface area contributed by atoms with E-state index in [1.165, 1.54) is 17.8 Å². The van der Waals surface area contributed by atoms with Crippen molar-refractivity contribution in [2.45, 2.75) is 43.9 Å². The second-order valence-electron chi connectivity index (χ2n) is 6.73. The molecule has 150 valence electrons. The van der Waals surface area contributed by atoms with Gasteiger partial charge in [-0.05, 0) is 25.5 Å². The Morgan fingerprint density at radius 3 is 2.76 bits per heavy atom. The van der Waals surface area contributed by atoms with Crippen LogP contribution in [0.15, 0.2) is 45.8 Å². The number of halogens is 1. The Morgan fingerprint density at radius 1 is 1.24 bits per heavy atom. The Bertz CT molecular complexity index is 1200. The first-order valence-corrected chi connectivity index (χ1v) is 10.4. The molecule has 8 heteroatoms. The smallest absolute Gasteiger partial charge is 0.237 e. The summed E-state index contributed by atoms with van der Waals surface area (Å²) in [5.74, 6) is 0.919. The van der Waals surface area contributed by atoms with Crippen LogP contribution in [0.4, 0.5) is 10.1 Å². The number of fused-ring (bicyclic) bond motifs is 3. The molecule has 0 spiro atoms. The lowest BCUT2D eigenvalue weighted by molar-refractivity contribution is -0.115. The monoisotopic (exact) mass is 412 g/mol. The number of aromatic nitrogens is 3. The maximum atomic E-state index is 13.9. The molecule has 3 heterocycles. The van der Waals surface area contributed by atoms with Gasteiger partial charge in [-0.25, -0.2) is 4.39 Å². The molecule has 0 saturated heterocycles. The van der Waals surface area contributed by atoms with Crippen molar-refractivity contribution in [3.8, 4) is 0 Å². The summed E-state index contributed by atoms with van der Waals surface area (Å²) in [7, 11) is 0. The van der Waals surface area contributed by atoms with Crippen LogP contribution in [0.25, 0.3) is 16.6 Å². The molecule has 1 amide bonds. The number of thioether (sulfide) groups is 1. The number of anilines is 1. The maximum Gasteiger partial charge on any atom is 0.237 e. The third-order valence-corrected chi connectivity index (χ3v) is 6.06. The van der Waals surface area contributed by atoms with Crippen LogP contribution in [0.1, 0.15) is 31.9 Å². The second-order valence-corrected chi connectivity index (χ2v) is 7.92. The van der Waals surface area contributed by atoms with Crippen LogP contribution in [0, 0.1) is 12.7 Å². The molecule has 0 aliphatic rings. The third kappa shape index (κ3) is 3.60. The minimum atomic E-state index is -0.461. The molecular weight excluding hydrogens is 391 g/mol. The van der Waals surface area contributed by atoms with Gasteiger partial charge in [-0.3, -0.25) is 9.20 Å². The lowest BCUT2D eigenvalue weighted by Crippen LogP contribution is -2.25. The van der Waals surface area contributed by atoms with E-state index in [9.17, 15) is 9.18 Å². The Morgan fingerprint density at radius 2 is 2.03 bits per heavy atom. The predicted molar refractivity (Wildman–Crippen MR) is 112 cm³/mol. The van der Waals surface area contributed by atoms with Crippen LogP contribution in [-0.2, 0) is 11.2 Å². The zero-order chi connectivity index (χ0) is 20.5. The van der Waals surface area contributed by atoms with Gasteiger partial charge < -0.3 is 9.73 Å². The van der Waals surface area contributed by atoms with Crippen molar-refractivity contribution in [1.29, 1.82) is 0 Å². The zero-order valence-corrected chi connectivity index (χ0v) is 17.2. The Balaban J connectivity index is 1.68. The number of furan rings is 1. The fourth-order valence-electron chi connectivity index (χ4n) is 3.30. The Labute approximate surface area is 171 Å². The number of nitrogens with zero attached hydrogens (tertiary/aromatic N) is 3. The average Bonchev–Trinajstić information content (AvgIpc) is 3.24. The minimum absolute atomic E-state index is 0.171. The van der Waals surface area contributed by atoms with Crippen molar-refractivity contribution in [3.63, 3.8) is 0 Å². The van der Waals surface area contributed by atoms with E-state index in [4.69, 9.17) is 4.42 Å². The summed E-state index contributed by atoms with van der Waals surface area (Å²) in [6, 6.07) is 10.0. The summed E-state index contributed by atoms with van der Waals surface area (Å²) >= 11 is 1.32. The van der Waals surface area contributed by atoms with Gasteiger partial charge in [0.2, 0.25) is 5.91 Å². The third-order valence-electron chi connectivity index (χ3n) is 4.71. The average molecular weight is 412 g/mol. The van der Waals surface area contributed by atoms with E-state index in [0.717, 1.165) is 28.2 Å². The molecule has 4 aromatic rings. The van der Waals surface area contributed by atoms with E-state index in [0.29, 0.717) is 17.9 Å². The van der Waals surface area contributed by atoms with Gasteiger partial charge in [0.1, 0.15) is 22.4 Å². The molecule has 1 unspecified atom stereocenters. The molecule has 0 saturated carbocycles. The lowest BCUT2D eigenvalue weighted by Gasteiger charge is -2.15. The largest absolute Gasteiger partial charge is 0.460 e. The molecule has 1 atom stereocenters. The quantitative estimate of drug-likeness (QED) is 0.452. The van der Waals surface area contributed by atoms with Crippen LogP contribution in [0.2, 0.25) is 0 Å². The molecule has 1 N–H and O–H groups in total. The first kappa shape index (κ1) is 19.4. The van der Waals surface area contributed by atoms with Gasteiger partial charge in [-0.1, -0.05) is 37.7 Å². The summed E-state index contributed by atoms with van der Waals surface area (Å²) in [6.07, 6.45) is 1.28. The number of nitrogens with one attached hydrogen (secondary N) is 1. The van der Waals surface area contributed by atoms with Gasteiger partial charge in [-0.2, -0.15) is 0 Å². The first-order valence-electron chi connectivity index (χ1n) is 9.51. The lowest BCUT2D eigenvalue weighted by atomic mass is 10.2. The normalized spacial score (nSPS) is 12.6. The highest BCUT2D eigenvalue weighted by molar-refractivity contribution is 8.00. The highest BCUT2D eigenvalue weighted by Crippen LogP contribution is 2.33. The fourth-order valence-corrected chi connectivity index (χ4v) is 4.26. The van der Waals surface area contributed by atoms with Crippen LogP contribution in [0.5, 0.6) is 0 Å². The predicted octanol–water partition coefficient (Wildman–Crippen LogP) is 4.99. The highest BCUT2D eigenvalue weighted by atomic mass is 32.2. The number of rotatable bonds is 6. The molecule has 0 aliphatic carbocycles. The van der Waals surface area contributed by atoms with E-state index >= 15 is 0 Å².